The number of fused-ring (bicyclic) bond motifs is 3. The summed E-state index contributed by atoms with van der Waals surface area (Å²) in [7, 11) is 1.60. The normalized spacial score (nSPS) is 14.3. The van der Waals surface area contributed by atoms with Crippen molar-refractivity contribution in [2.24, 2.45) is 0 Å². The third-order valence-electron chi connectivity index (χ3n) is 5.30. The molecular weight excluding hydrogens is 380 g/mol. The van der Waals surface area contributed by atoms with Gasteiger partial charge >= 0.3 is 0 Å². The number of anilines is 1. The minimum absolute atomic E-state index is 0.164. The zero-order valence-electron chi connectivity index (χ0n) is 16.3. The van der Waals surface area contributed by atoms with E-state index in [1.807, 2.05) is 30.3 Å². The zero-order valence-corrected chi connectivity index (χ0v) is 16.3. The fourth-order valence-electron chi connectivity index (χ4n) is 3.79. The van der Waals surface area contributed by atoms with Gasteiger partial charge in [0.1, 0.15) is 17.3 Å². The van der Waals surface area contributed by atoms with Crippen LogP contribution in [-0.2, 0) is 17.6 Å². The molecule has 0 atom stereocenters. The molecule has 5 rings (SSSR count). The Labute approximate surface area is 172 Å². The van der Waals surface area contributed by atoms with Crippen molar-refractivity contribution in [3.8, 4) is 11.5 Å². The topological polar surface area (TPSA) is 103 Å². The number of benzene rings is 2. The zero-order chi connectivity index (χ0) is 20.7. The van der Waals surface area contributed by atoms with Crippen molar-refractivity contribution in [1.82, 2.24) is 15.0 Å². The third kappa shape index (κ3) is 3.10. The van der Waals surface area contributed by atoms with E-state index >= 15 is 0 Å². The molecule has 1 aliphatic rings. The fourth-order valence-corrected chi connectivity index (χ4v) is 3.79. The highest BCUT2D eigenvalue weighted by atomic mass is 16.5. The molecule has 7 nitrogen and oxygen atoms in total. The van der Waals surface area contributed by atoms with Crippen LogP contribution in [-0.4, -0.2) is 33.1 Å². The molecular formula is C23H20N4O3. The number of carbonyl (C=O) groups is 1. The maximum atomic E-state index is 12.7. The van der Waals surface area contributed by atoms with E-state index in [-0.39, 0.29) is 11.7 Å². The molecule has 4 N–H and O–H groups in total. The SMILES string of the molecule is COc1cc[nH]c1/C=C1/C(=O)Nc2ccc3[nH]c(CCc4ccc(O)cc4)nc3c21. The number of aromatic hydroxyl groups is 1. The highest BCUT2D eigenvalue weighted by molar-refractivity contribution is 6.37. The summed E-state index contributed by atoms with van der Waals surface area (Å²) in [6.07, 6.45) is 5.08. The van der Waals surface area contributed by atoms with E-state index in [1.165, 1.54) is 0 Å². The van der Waals surface area contributed by atoms with Gasteiger partial charge in [0.05, 0.1) is 35.1 Å². The second kappa shape index (κ2) is 7.11. The summed E-state index contributed by atoms with van der Waals surface area (Å²) < 4.78 is 5.35. The van der Waals surface area contributed by atoms with Crippen molar-refractivity contribution in [3.63, 3.8) is 0 Å². The van der Waals surface area contributed by atoms with Crippen molar-refractivity contribution in [1.29, 1.82) is 0 Å². The minimum atomic E-state index is -0.164. The number of hydrogen-bond acceptors (Lipinski definition) is 4. The van der Waals surface area contributed by atoms with Crippen LogP contribution in [0.2, 0.25) is 0 Å². The highest BCUT2D eigenvalue weighted by Crippen LogP contribution is 2.38. The quantitative estimate of drug-likeness (QED) is 0.382. The number of aromatic amines is 2. The first-order valence-corrected chi connectivity index (χ1v) is 9.66. The smallest absolute Gasteiger partial charge is 0.256 e. The molecule has 0 bridgehead atoms. The maximum Gasteiger partial charge on any atom is 0.256 e. The first-order valence-electron chi connectivity index (χ1n) is 9.66. The largest absolute Gasteiger partial charge is 0.508 e. The van der Waals surface area contributed by atoms with Crippen molar-refractivity contribution in [2.45, 2.75) is 12.8 Å². The Balaban J connectivity index is 1.51. The lowest BCUT2D eigenvalue weighted by Gasteiger charge is -2.01. The maximum absolute atomic E-state index is 12.7. The lowest BCUT2D eigenvalue weighted by molar-refractivity contribution is -0.110. The van der Waals surface area contributed by atoms with Crippen molar-refractivity contribution >= 4 is 34.3 Å². The molecule has 0 spiro atoms. The summed E-state index contributed by atoms with van der Waals surface area (Å²) in [4.78, 5) is 23.9. The first-order chi connectivity index (χ1) is 14.6. The van der Waals surface area contributed by atoms with Crippen LogP contribution in [0.5, 0.6) is 11.5 Å². The predicted octanol–water partition coefficient (Wildman–Crippen LogP) is 3.88. The van der Waals surface area contributed by atoms with Crippen LogP contribution in [0.15, 0.2) is 48.7 Å². The van der Waals surface area contributed by atoms with E-state index in [1.54, 1.807) is 31.5 Å². The van der Waals surface area contributed by atoms with Gasteiger partial charge in [-0.3, -0.25) is 4.79 Å². The van der Waals surface area contributed by atoms with Crippen molar-refractivity contribution in [2.75, 3.05) is 12.4 Å². The lowest BCUT2D eigenvalue weighted by atomic mass is 10.0. The predicted molar refractivity (Wildman–Crippen MR) is 115 cm³/mol. The number of hydrogen-bond donors (Lipinski definition) is 4. The molecule has 0 fully saturated rings. The Morgan fingerprint density at radius 3 is 2.73 bits per heavy atom. The van der Waals surface area contributed by atoms with Crippen LogP contribution in [0, 0.1) is 0 Å². The van der Waals surface area contributed by atoms with Crippen molar-refractivity contribution in [3.05, 3.63) is 71.3 Å². The molecule has 0 saturated carbocycles. The number of H-pyrrole nitrogens is 2. The van der Waals surface area contributed by atoms with E-state index in [9.17, 15) is 9.90 Å². The molecule has 0 saturated heterocycles. The fraction of sp³-hybridized carbons (Fsp3) is 0.130. The Morgan fingerprint density at radius 1 is 1.10 bits per heavy atom. The summed E-state index contributed by atoms with van der Waals surface area (Å²) in [6.45, 7) is 0. The molecule has 1 amide bonds. The van der Waals surface area contributed by atoms with Gasteiger partial charge in [-0.05, 0) is 48.4 Å². The molecule has 2 aromatic carbocycles. The van der Waals surface area contributed by atoms with Gasteiger partial charge in [0, 0.05) is 18.2 Å². The molecule has 3 heterocycles. The minimum Gasteiger partial charge on any atom is -0.508 e. The van der Waals surface area contributed by atoms with Gasteiger partial charge in [-0.1, -0.05) is 12.1 Å². The summed E-state index contributed by atoms with van der Waals surface area (Å²) in [5.74, 6) is 1.62. The molecule has 7 heteroatoms. The van der Waals surface area contributed by atoms with Crippen LogP contribution in [0.25, 0.3) is 22.7 Å². The van der Waals surface area contributed by atoms with E-state index in [4.69, 9.17) is 9.72 Å². The van der Waals surface area contributed by atoms with Crippen molar-refractivity contribution < 1.29 is 14.6 Å². The van der Waals surface area contributed by atoms with Crippen LogP contribution < -0.4 is 10.1 Å². The van der Waals surface area contributed by atoms with Gasteiger partial charge in [0.2, 0.25) is 0 Å². The second-order valence-corrected chi connectivity index (χ2v) is 7.21. The second-order valence-electron chi connectivity index (χ2n) is 7.21. The van der Waals surface area contributed by atoms with Gasteiger partial charge in [0.25, 0.3) is 5.91 Å². The number of nitrogens with one attached hydrogen (secondary N) is 3. The Kier molecular flexibility index (Phi) is 4.28. The summed E-state index contributed by atoms with van der Waals surface area (Å²) in [6, 6.07) is 12.8. The summed E-state index contributed by atoms with van der Waals surface area (Å²) in [5.41, 5.74) is 5.60. The van der Waals surface area contributed by atoms with Crippen LogP contribution in [0.1, 0.15) is 22.6 Å². The summed E-state index contributed by atoms with van der Waals surface area (Å²) in [5, 5.41) is 12.4. The highest BCUT2D eigenvalue weighted by Gasteiger charge is 2.28. The van der Waals surface area contributed by atoms with E-state index in [2.05, 4.69) is 15.3 Å². The lowest BCUT2D eigenvalue weighted by Crippen LogP contribution is -2.03. The monoisotopic (exact) mass is 400 g/mol. The number of nitrogens with zero attached hydrogens (tertiary/aromatic N) is 1. The number of aromatic nitrogens is 3. The number of carbonyl (C=O) groups excluding carboxylic acids is 1. The number of imidazole rings is 1. The Bertz CT molecular complexity index is 1280. The number of ether oxygens (including phenoxy) is 1. The summed E-state index contributed by atoms with van der Waals surface area (Å²) >= 11 is 0. The third-order valence-corrected chi connectivity index (χ3v) is 5.30. The van der Waals surface area contributed by atoms with E-state index in [0.717, 1.165) is 52.2 Å². The van der Waals surface area contributed by atoms with Gasteiger partial charge in [-0.25, -0.2) is 4.98 Å². The van der Waals surface area contributed by atoms with Gasteiger partial charge < -0.3 is 25.1 Å². The molecule has 0 aliphatic carbocycles. The molecule has 30 heavy (non-hydrogen) atoms. The first kappa shape index (κ1) is 18.1. The number of phenols is 1. The average molecular weight is 400 g/mol. The number of methoxy groups -OCH3 is 1. The van der Waals surface area contributed by atoms with E-state index in [0.29, 0.717) is 11.3 Å². The number of amides is 1. The molecule has 1 aliphatic heterocycles. The van der Waals surface area contributed by atoms with E-state index < -0.39 is 0 Å². The Hall–Kier alpha value is -4.00. The molecule has 2 aromatic heterocycles. The molecule has 4 aromatic rings. The van der Waals surface area contributed by atoms with Crippen LogP contribution >= 0.6 is 0 Å². The molecule has 0 radical (unpaired) electrons. The number of phenolic OH excluding ortho intramolecular Hbond substituents is 1. The van der Waals surface area contributed by atoms with Crippen LogP contribution in [0.4, 0.5) is 5.69 Å². The van der Waals surface area contributed by atoms with Gasteiger partial charge in [0.15, 0.2) is 0 Å². The number of aryl methyl sites for hydroxylation is 2. The van der Waals surface area contributed by atoms with Gasteiger partial charge in [-0.2, -0.15) is 0 Å². The molecule has 150 valence electrons. The van der Waals surface area contributed by atoms with Gasteiger partial charge in [-0.15, -0.1) is 0 Å². The van der Waals surface area contributed by atoms with Crippen LogP contribution in [0.3, 0.4) is 0 Å². The molecule has 0 unspecified atom stereocenters. The standard InChI is InChI=1S/C23H20N4O3/c1-30-19-10-11-24-18(19)12-15-21-16(26-23(15)29)7-8-17-22(21)27-20(25-17)9-4-13-2-5-14(28)6-3-13/h2-3,5-8,10-12,24,28H,4,9H2,1H3,(H,25,27)(H,26,29)/b15-12+. The Morgan fingerprint density at radius 2 is 1.93 bits per heavy atom. The number of rotatable bonds is 5. The average Bonchev–Trinajstić information content (AvgIpc) is 3.44.